The largest absolute Gasteiger partial charge is 0.490 e. The van der Waals surface area contributed by atoms with Gasteiger partial charge in [-0.2, -0.15) is 0 Å². The van der Waals surface area contributed by atoms with Crippen molar-refractivity contribution in [2.24, 2.45) is 0 Å². The lowest BCUT2D eigenvalue weighted by Crippen LogP contribution is -2.36. The molecule has 2 heterocycles. The average molecular weight is 450 g/mol. The van der Waals surface area contributed by atoms with Crippen LogP contribution in [-0.4, -0.2) is 30.6 Å². The molecule has 0 radical (unpaired) electrons. The Morgan fingerprint density at radius 3 is 2.42 bits per heavy atom. The number of fused-ring (bicyclic) bond motifs is 2. The van der Waals surface area contributed by atoms with Crippen molar-refractivity contribution in [3.8, 4) is 11.5 Å². The molecule has 0 spiro atoms. The summed E-state index contributed by atoms with van der Waals surface area (Å²) >= 11 is 0. The third-order valence-electron chi connectivity index (χ3n) is 6.26. The number of hydrogen-bond acceptors (Lipinski definition) is 5. The zero-order valence-electron chi connectivity index (χ0n) is 19.8. The summed E-state index contributed by atoms with van der Waals surface area (Å²) in [7, 11) is 0. The Bertz CT molecular complexity index is 1240. The smallest absolute Gasteiger partial charge is 0.339 e. The second-order valence-electron chi connectivity index (χ2n) is 8.49. The Hall–Kier alpha value is -3.28. The summed E-state index contributed by atoms with van der Waals surface area (Å²) in [5.41, 5.74) is 5.02. The Balaban J connectivity index is 1.49. The van der Waals surface area contributed by atoms with Crippen LogP contribution >= 0.6 is 0 Å². The van der Waals surface area contributed by atoms with Crippen molar-refractivity contribution in [1.29, 1.82) is 0 Å². The lowest BCUT2D eigenvalue weighted by atomic mass is 9.97. The number of benzene rings is 2. The number of amides is 1. The molecule has 0 fully saturated rings. The van der Waals surface area contributed by atoms with Crippen LogP contribution in [-0.2, 0) is 24.2 Å². The SMILES string of the molecule is CCOc1cc2c(cc1OCC)CN(C(=O)CCc1c(C)c3ccc(C)cc3oc1=O)CC2. The molecule has 0 atom stereocenters. The lowest BCUT2D eigenvalue weighted by Gasteiger charge is -2.30. The first-order chi connectivity index (χ1) is 15.9. The molecule has 0 N–H and O–H groups in total. The Labute approximate surface area is 194 Å². The number of nitrogens with zero attached hydrogens (tertiary/aromatic N) is 1. The number of carbonyl (C=O) groups is 1. The van der Waals surface area contributed by atoms with E-state index >= 15 is 0 Å². The minimum absolute atomic E-state index is 0.0373. The van der Waals surface area contributed by atoms with E-state index in [1.54, 1.807) is 0 Å². The summed E-state index contributed by atoms with van der Waals surface area (Å²) in [5, 5.41) is 0.920. The molecule has 1 amide bonds. The van der Waals surface area contributed by atoms with Crippen LogP contribution in [0.5, 0.6) is 11.5 Å². The van der Waals surface area contributed by atoms with E-state index in [2.05, 4.69) is 0 Å². The van der Waals surface area contributed by atoms with Gasteiger partial charge in [0.1, 0.15) is 5.58 Å². The maximum absolute atomic E-state index is 13.0. The van der Waals surface area contributed by atoms with E-state index in [1.165, 1.54) is 5.56 Å². The van der Waals surface area contributed by atoms with E-state index in [0.29, 0.717) is 49.6 Å². The minimum atomic E-state index is -0.354. The molecule has 4 rings (SSSR count). The van der Waals surface area contributed by atoms with Crippen molar-refractivity contribution < 1.29 is 18.7 Å². The summed E-state index contributed by atoms with van der Waals surface area (Å²) in [6.07, 6.45) is 1.41. The van der Waals surface area contributed by atoms with Gasteiger partial charge in [-0.25, -0.2) is 4.79 Å². The van der Waals surface area contributed by atoms with Crippen LogP contribution in [0.3, 0.4) is 0 Å². The van der Waals surface area contributed by atoms with Crippen molar-refractivity contribution in [2.45, 2.75) is 53.5 Å². The van der Waals surface area contributed by atoms with Gasteiger partial charge in [0, 0.05) is 30.5 Å². The van der Waals surface area contributed by atoms with E-state index in [9.17, 15) is 9.59 Å². The number of aryl methyl sites for hydroxylation is 2. The second-order valence-corrected chi connectivity index (χ2v) is 8.49. The highest BCUT2D eigenvalue weighted by Gasteiger charge is 2.23. The molecule has 6 heteroatoms. The molecule has 1 aliphatic rings. The van der Waals surface area contributed by atoms with Crippen LogP contribution in [0.4, 0.5) is 0 Å². The van der Waals surface area contributed by atoms with Gasteiger partial charge < -0.3 is 18.8 Å². The van der Waals surface area contributed by atoms with Gasteiger partial charge in [0.15, 0.2) is 11.5 Å². The first-order valence-electron chi connectivity index (χ1n) is 11.6. The van der Waals surface area contributed by atoms with Gasteiger partial charge in [-0.1, -0.05) is 12.1 Å². The fraction of sp³-hybridized carbons (Fsp3) is 0.407. The van der Waals surface area contributed by atoms with Crippen LogP contribution in [0, 0.1) is 13.8 Å². The number of rotatable bonds is 7. The van der Waals surface area contributed by atoms with Crippen LogP contribution in [0.2, 0.25) is 0 Å². The zero-order valence-corrected chi connectivity index (χ0v) is 19.8. The molecular formula is C27H31NO5. The molecule has 33 heavy (non-hydrogen) atoms. The van der Waals surface area contributed by atoms with Crippen molar-refractivity contribution >= 4 is 16.9 Å². The van der Waals surface area contributed by atoms with E-state index < -0.39 is 0 Å². The first-order valence-corrected chi connectivity index (χ1v) is 11.6. The van der Waals surface area contributed by atoms with Crippen LogP contribution in [0.25, 0.3) is 11.0 Å². The molecule has 0 aliphatic carbocycles. The highest BCUT2D eigenvalue weighted by Crippen LogP contribution is 2.34. The van der Waals surface area contributed by atoms with Gasteiger partial charge in [-0.3, -0.25) is 4.79 Å². The predicted octanol–water partition coefficient (Wildman–Crippen LogP) is 4.72. The molecule has 1 aromatic heterocycles. The molecule has 174 valence electrons. The van der Waals surface area contributed by atoms with Crippen LogP contribution in [0.15, 0.2) is 39.5 Å². The molecular weight excluding hydrogens is 418 g/mol. The Morgan fingerprint density at radius 2 is 1.73 bits per heavy atom. The summed E-state index contributed by atoms with van der Waals surface area (Å²) in [5.74, 6) is 1.51. The van der Waals surface area contributed by atoms with E-state index in [1.807, 2.05) is 62.9 Å². The fourth-order valence-corrected chi connectivity index (χ4v) is 4.49. The summed E-state index contributed by atoms with van der Waals surface area (Å²) < 4.78 is 17.0. The van der Waals surface area contributed by atoms with Crippen molar-refractivity contribution in [1.82, 2.24) is 4.90 Å². The number of hydrogen-bond donors (Lipinski definition) is 0. The van der Waals surface area contributed by atoms with E-state index in [4.69, 9.17) is 13.9 Å². The van der Waals surface area contributed by atoms with E-state index in [0.717, 1.165) is 34.2 Å². The fourth-order valence-electron chi connectivity index (χ4n) is 4.49. The third-order valence-corrected chi connectivity index (χ3v) is 6.26. The van der Waals surface area contributed by atoms with Gasteiger partial charge in [-0.05, 0) is 81.0 Å². The Kier molecular flexibility index (Phi) is 6.72. The zero-order chi connectivity index (χ0) is 23.5. The number of carbonyl (C=O) groups excluding carboxylic acids is 1. The summed E-state index contributed by atoms with van der Waals surface area (Å²) in [6.45, 7) is 10.1. The van der Waals surface area contributed by atoms with Crippen molar-refractivity contribution in [3.05, 3.63) is 68.6 Å². The molecule has 0 unspecified atom stereocenters. The quantitative estimate of drug-likeness (QED) is 0.488. The van der Waals surface area contributed by atoms with Crippen LogP contribution < -0.4 is 15.1 Å². The summed E-state index contributed by atoms with van der Waals surface area (Å²) in [6, 6.07) is 9.88. The molecule has 0 bridgehead atoms. The minimum Gasteiger partial charge on any atom is -0.490 e. The van der Waals surface area contributed by atoms with E-state index in [-0.39, 0.29) is 18.0 Å². The van der Waals surface area contributed by atoms with Gasteiger partial charge in [0.2, 0.25) is 5.91 Å². The van der Waals surface area contributed by atoms with Crippen molar-refractivity contribution in [3.63, 3.8) is 0 Å². The number of ether oxygens (including phenoxy) is 2. The molecule has 0 saturated carbocycles. The topological polar surface area (TPSA) is 69.0 Å². The van der Waals surface area contributed by atoms with Gasteiger partial charge in [0.25, 0.3) is 0 Å². The average Bonchev–Trinajstić information content (AvgIpc) is 2.79. The van der Waals surface area contributed by atoms with Gasteiger partial charge in [-0.15, -0.1) is 0 Å². The van der Waals surface area contributed by atoms with Crippen molar-refractivity contribution in [2.75, 3.05) is 19.8 Å². The standard InChI is InChI=1S/C27H31NO5/c1-5-31-24-14-19-11-12-28(16-20(19)15-25(24)32-6-2)26(29)10-9-22-18(4)21-8-7-17(3)13-23(21)33-27(22)30/h7-8,13-15H,5-6,9-12,16H2,1-4H3. The highest BCUT2D eigenvalue weighted by molar-refractivity contribution is 5.82. The molecule has 2 aromatic carbocycles. The molecule has 1 aliphatic heterocycles. The van der Waals surface area contributed by atoms with Crippen LogP contribution in [0.1, 0.15) is 48.1 Å². The predicted molar refractivity (Wildman–Crippen MR) is 128 cm³/mol. The third kappa shape index (κ3) is 4.75. The maximum atomic E-state index is 13.0. The van der Waals surface area contributed by atoms with Gasteiger partial charge in [0.05, 0.1) is 13.2 Å². The molecule has 6 nitrogen and oxygen atoms in total. The lowest BCUT2D eigenvalue weighted by molar-refractivity contribution is -0.132. The summed E-state index contributed by atoms with van der Waals surface area (Å²) in [4.78, 5) is 27.5. The molecule has 0 saturated heterocycles. The monoisotopic (exact) mass is 449 g/mol. The second kappa shape index (κ2) is 9.69. The van der Waals surface area contributed by atoms with Gasteiger partial charge >= 0.3 is 5.63 Å². The normalized spacial score (nSPS) is 13.2. The Morgan fingerprint density at radius 1 is 1.03 bits per heavy atom. The maximum Gasteiger partial charge on any atom is 0.339 e. The highest BCUT2D eigenvalue weighted by atomic mass is 16.5. The first kappa shape index (κ1) is 22.9. The molecule has 3 aromatic rings.